The summed E-state index contributed by atoms with van der Waals surface area (Å²) in [6.45, 7) is 4.72. The lowest BCUT2D eigenvalue weighted by atomic mass is 10.0. The summed E-state index contributed by atoms with van der Waals surface area (Å²) in [5.74, 6) is 0.628. The average molecular weight is 321 g/mol. The van der Waals surface area contributed by atoms with Gasteiger partial charge in [-0.05, 0) is 30.7 Å². The zero-order chi connectivity index (χ0) is 15.9. The van der Waals surface area contributed by atoms with Crippen molar-refractivity contribution in [2.75, 3.05) is 18.9 Å². The quantitative estimate of drug-likeness (QED) is 0.762. The number of thioether (sulfide) groups is 1. The summed E-state index contributed by atoms with van der Waals surface area (Å²) in [6, 6.07) is 5.30. The van der Waals surface area contributed by atoms with Gasteiger partial charge in [-0.2, -0.15) is 24.9 Å². The van der Waals surface area contributed by atoms with Crippen LogP contribution < -0.4 is 5.32 Å². The highest BCUT2D eigenvalue weighted by atomic mass is 32.2. The van der Waals surface area contributed by atoms with Gasteiger partial charge in [-0.25, -0.2) is 0 Å². The molecule has 6 heteroatoms. The third kappa shape index (κ3) is 6.28. The molecule has 0 aliphatic rings. The molecular weight excluding hydrogens is 299 g/mol. The Morgan fingerprint density at radius 3 is 2.62 bits per heavy atom. The fourth-order valence-electron chi connectivity index (χ4n) is 1.84. The normalized spacial score (nSPS) is 15.0. The average Bonchev–Trinajstić information content (AvgIpc) is 2.46. The smallest absolute Gasteiger partial charge is 0.395 e. The van der Waals surface area contributed by atoms with E-state index in [2.05, 4.69) is 5.32 Å². The van der Waals surface area contributed by atoms with E-state index in [1.54, 1.807) is 17.8 Å². The molecule has 0 radical (unpaired) electrons. The van der Waals surface area contributed by atoms with Crippen LogP contribution in [0, 0.1) is 0 Å². The SMILES string of the molecule is CCCNC(CSC(C)CO)c1cccc(C(F)(F)F)c1. The molecule has 2 nitrogen and oxygen atoms in total. The highest BCUT2D eigenvalue weighted by Gasteiger charge is 2.31. The maximum absolute atomic E-state index is 12.8. The largest absolute Gasteiger partial charge is 0.416 e. The second-order valence-electron chi connectivity index (χ2n) is 4.96. The van der Waals surface area contributed by atoms with Crippen molar-refractivity contribution >= 4 is 11.8 Å². The molecule has 0 amide bonds. The number of nitrogens with one attached hydrogen (secondary N) is 1. The Balaban J connectivity index is 2.86. The molecule has 21 heavy (non-hydrogen) atoms. The van der Waals surface area contributed by atoms with E-state index in [9.17, 15) is 13.2 Å². The third-order valence-electron chi connectivity index (χ3n) is 3.06. The Kier molecular flexibility index (Phi) is 7.56. The van der Waals surface area contributed by atoms with Gasteiger partial charge in [0.15, 0.2) is 0 Å². The van der Waals surface area contributed by atoms with Gasteiger partial charge in [0.05, 0.1) is 12.2 Å². The summed E-state index contributed by atoms with van der Waals surface area (Å²) in [5, 5.41) is 12.4. The van der Waals surface area contributed by atoms with Crippen molar-refractivity contribution in [3.63, 3.8) is 0 Å². The van der Waals surface area contributed by atoms with Crippen LogP contribution in [0.25, 0.3) is 0 Å². The molecule has 0 fully saturated rings. The molecule has 2 unspecified atom stereocenters. The molecule has 2 N–H and O–H groups in total. The number of benzene rings is 1. The minimum Gasteiger partial charge on any atom is -0.395 e. The van der Waals surface area contributed by atoms with E-state index in [0.29, 0.717) is 11.3 Å². The van der Waals surface area contributed by atoms with Crippen molar-refractivity contribution in [2.24, 2.45) is 0 Å². The molecular formula is C15H22F3NOS. The number of halogens is 3. The first-order valence-corrected chi connectivity index (χ1v) is 8.06. The Hall–Kier alpha value is -0.720. The van der Waals surface area contributed by atoms with Crippen molar-refractivity contribution in [2.45, 2.75) is 37.7 Å². The Labute approximate surface area is 128 Å². The predicted octanol–water partition coefficient (Wildman–Crippen LogP) is 3.86. The van der Waals surface area contributed by atoms with Crippen molar-refractivity contribution in [1.82, 2.24) is 5.32 Å². The lowest BCUT2D eigenvalue weighted by Crippen LogP contribution is -2.25. The van der Waals surface area contributed by atoms with Crippen molar-refractivity contribution in [1.29, 1.82) is 0 Å². The molecule has 0 aliphatic heterocycles. The Morgan fingerprint density at radius 2 is 2.05 bits per heavy atom. The standard InChI is InChI=1S/C15H22F3NOS/c1-3-7-19-14(10-21-11(2)9-20)12-5-4-6-13(8-12)15(16,17)18/h4-6,8,11,14,19-20H,3,7,9-10H2,1-2H3. The van der Waals surface area contributed by atoms with Crippen molar-refractivity contribution in [3.8, 4) is 0 Å². The van der Waals surface area contributed by atoms with E-state index in [-0.39, 0.29) is 17.9 Å². The number of rotatable bonds is 8. The van der Waals surface area contributed by atoms with Gasteiger partial charge in [-0.3, -0.25) is 0 Å². The van der Waals surface area contributed by atoms with E-state index in [0.717, 1.165) is 19.0 Å². The Bertz CT molecular complexity index is 426. The molecule has 1 aromatic carbocycles. The molecule has 0 aliphatic carbocycles. The van der Waals surface area contributed by atoms with Gasteiger partial charge in [-0.15, -0.1) is 0 Å². The predicted molar refractivity (Wildman–Crippen MR) is 81.5 cm³/mol. The van der Waals surface area contributed by atoms with Gasteiger partial charge < -0.3 is 10.4 Å². The van der Waals surface area contributed by atoms with E-state index in [1.165, 1.54) is 12.1 Å². The van der Waals surface area contributed by atoms with Gasteiger partial charge in [0.2, 0.25) is 0 Å². The number of hydrogen-bond donors (Lipinski definition) is 2. The highest BCUT2D eigenvalue weighted by molar-refractivity contribution is 7.99. The van der Waals surface area contributed by atoms with Crippen LogP contribution in [0.15, 0.2) is 24.3 Å². The lowest BCUT2D eigenvalue weighted by molar-refractivity contribution is -0.137. The summed E-state index contributed by atoms with van der Waals surface area (Å²) in [7, 11) is 0. The molecule has 0 heterocycles. The van der Waals surface area contributed by atoms with Crippen molar-refractivity contribution < 1.29 is 18.3 Å². The summed E-state index contributed by atoms with van der Waals surface area (Å²) in [6.07, 6.45) is -3.41. The van der Waals surface area contributed by atoms with E-state index in [4.69, 9.17) is 5.11 Å². The molecule has 1 rings (SSSR count). The summed E-state index contributed by atoms with van der Waals surface area (Å²) < 4.78 is 38.4. The topological polar surface area (TPSA) is 32.3 Å². The number of hydrogen-bond acceptors (Lipinski definition) is 3. The first-order valence-electron chi connectivity index (χ1n) is 7.01. The van der Waals surface area contributed by atoms with Gasteiger partial charge in [0, 0.05) is 17.0 Å². The fourth-order valence-corrected chi connectivity index (χ4v) is 2.77. The van der Waals surface area contributed by atoms with Crippen LogP contribution in [0.2, 0.25) is 0 Å². The lowest BCUT2D eigenvalue weighted by Gasteiger charge is -2.21. The van der Waals surface area contributed by atoms with E-state index >= 15 is 0 Å². The van der Waals surface area contributed by atoms with Gasteiger partial charge in [-0.1, -0.05) is 26.0 Å². The molecule has 0 saturated heterocycles. The highest BCUT2D eigenvalue weighted by Crippen LogP contribution is 2.31. The summed E-state index contributed by atoms with van der Waals surface area (Å²) in [4.78, 5) is 0. The van der Waals surface area contributed by atoms with Crippen LogP contribution in [0.1, 0.15) is 37.4 Å². The number of aliphatic hydroxyl groups excluding tert-OH is 1. The number of alkyl halides is 3. The molecule has 0 spiro atoms. The zero-order valence-corrected chi connectivity index (χ0v) is 13.1. The van der Waals surface area contributed by atoms with Crippen LogP contribution in [0.5, 0.6) is 0 Å². The zero-order valence-electron chi connectivity index (χ0n) is 12.3. The first kappa shape index (κ1) is 18.3. The van der Waals surface area contributed by atoms with Crippen molar-refractivity contribution in [3.05, 3.63) is 35.4 Å². The minimum absolute atomic E-state index is 0.0632. The molecule has 120 valence electrons. The maximum Gasteiger partial charge on any atom is 0.416 e. The summed E-state index contributed by atoms with van der Waals surface area (Å²) in [5.41, 5.74) is 0.0134. The maximum atomic E-state index is 12.8. The first-order chi connectivity index (χ1) is 9.88. The monoisotopic (exact) mass is 321 g/mol. The van der Waals surface area contributed by atoms with Crippen LogP contribution in [0.4, 0.5) is 13.2 Å². The van der Waals surface area contributed by atoms with Crippen LogP contribution in [0.3, 0.4) is 0 Å². The van der Waals surface area contributed by atoms with Gasteiger partial charge in [0.25, 0.3) is 0 Å². The molecule has 0 aromatic heterocycles. The Morgan fingerprint density at radius 1 is 1.33 bits per heavy atom. The second kappa shape index (κ2) is 8.66. The molecule has 1 aromatic rings. The van der Waals surface area contributed by atoms with Crippen LogP contribution in [-0.2, 0) is 6.18 Å². The van der Waals surface area contributed by atoms with Crippen LogP contribution >= 0.6 is 11.8 Å². The van der Waals surface area contributed by atoms with Gasteiger partial charge >= 0.3 is 6.18 Å². The molecule has 0 saturated carbocycles. The minimum atomic E-state index is -4.32. The third-order valence-corrected chi connectivity index (χ3v) is 4.31. The van der Waals surface area contributed by atoms with E-state index in [1.807, 2.05) is 13.8 Å². The fraction of sp³-hybridized carbons (Fsp3) is 0.600. The van der Waals surface area contributed by atoms with Gasteiger partial charge in [0.1, 0.15) is 0 Å². The number of aliphatic hydroxyl groups is 1. The molecule has 2 atom stereocenters. The summed E-state index contributed by atoms with van der Waals surface area (Å²) >= 11 is 1.55. The van der Waals surface area contributed by atoms with Crippen LogP contribution in [-0.4, -0.2) is 29.3 Å². The van der Waals surface area contributed by atoms with E-state index < -0.39 is 11.7 Å². The molecule has 0 bridgehead atoms. The second-order valence-corrected chi connectivity index (χ2v) is 6.43.